The Bertz CT molecular complexity index is 410. The third kappa shape index (κ3) is 3.48. The van der Waals surface area contributed by atoms with E-state index in [1.54, 1.807) is 0 Å². The molecule has 106 valence electrons. The van der Waals surface area contributed by atoms with Gasteiger partial charge in [-0.1, -0.05) is 6.92 Å². The van der Waals surface area contributed by atoms with E-state index < -0.39 is 11.6 Å². The molecule has 0 aliphatic carbocycles. The van der Waals surface area contributed by atoms with E-state index in [0.29, 0.717) is 0 Å². The Morgan fingerprint density at radius 2 is 2.00 bits per heavy atom. The number of hydrogen-bond acceptors (Lipinski definition) is 2. The van der Waals surface area contributed by atoms with Gasteiger partial charge in [0.15, 0.2) is 0 Å². The predicted octanol–water partition coefficient (Wildman–Crippen LogP) is 4.29. The lowest BCUT2D eigenvalue weighted by Gasteiger charge is -2.34. The average molecular weight is 285 g/mol. The van der Waals surface area contributed by atoms with Gasteiger partial charge in [-0.2, -0.15) is 11.8 Å². The molecule has 1 saturated heterocycles. The molecule has 0 spiro atoms. The van der Waals surface area contributed by atoms with E-state index in [0.717, 1.165) is 36.8 Å². The Balaban J connectivity index is 2.30. The summed E-state index contributed by atoms with van der Waals surface area (Å²) in [5, 5.41) is 3.47. The van der Waals surface area contributed by atoms with Crippen molar-refractivity contribution in [2.45, 2.75) is 43.9 Å². The van der Waals surface area contributed by atoms with Crippen LogP contribution < -0.4 is 5.32 Å². The molecule has 0 aromatic heterocycles. The molecule has 2 rings (SSSR count). The van der Waals surface area contributed by atoms with Crippen LogP contribution in [0.15, 0.2) is 18.2 Å². The molecule has 1 aromatic rings. The van der Waals surface area contributed by atoms with E-state index in [-0.39, 0.29) is 10.8 Å². The number of thioether (sulfide) groups is 1. The molecule has 0 bridgehead atoms. The standard InChI is InChI=1S/C15H21F2NS/c1-3-6-18-14(15(2)5-4-7-19-15)11-8-12(16)10-13(17)9-11/h8-10,14,18H,3-7H2,1-2H3. The van der Waals surface area contributed by atoms with Gasteiger partial charge in [0, 0.05) is 16.9 Å². The van der Waals surface area contributed by atoms with Crippen LogP contribution in [0.5, 0.6) is 0 Å². The van der Waals surface area contributed by atoms with Crippen LogP contribution in [0.3, 0.4) is 0 Å². The number of nitrogens with one attached hydrogen (secondary N) is 1. The minimum absolute atomic E-state index is 0.00477. The van der Waals surface area contributed by atoms with E-state index in [9.17, 15) is 8.78 Å². The van der Waals surface area contributed by atoms with Crippen molar-refractivity contribution in [1.82, 2.24) is 5.32 Å². The number of hydrogen-bond donors (Lipinski definition) is 1. The molecule has 4 heteroatoms. The Morgan fingerprint density at radius 3 is 2.53 bits per heavy atom. The van der Waals surface area contributed by atoms with Crippen molar-refractivity contribution in [3.05, 3.63) is 35.4 Å². The van der Waals surface area contributed by atoms with Crippen LogP contribution in [0.25, 0.3) is 0 Å². The topological polar surface area (TPSA) is 12.0 Å². The Morgan fingerprint density at radius 1 is 1.32 bits per heavy atom. The van der Waals surface area contributed by atoms with Crippen LogP contribution in [-0.2, 0) is 0 Å². The van der Waals surface area contributed by atoms with E-state index in [4.69, 9.17) is 0 Å². The van der Waals surface area contributed by atoms with Gasteiger partial charge in [-0.15, -0.1) is 0 Å². The highest BCUT2D eigenvalue weighted by atomic mass is 32.2. The molecule has 0 saturated carbocycles. The molecule has 1 aromatic carbocycles. The highest BCUT2D eigenvalue weighted by Gasteiger charge is 2.38. The number of rotatable bonds is 5. The molecule has 1 nitrogen and oxygen atoms in total. The fourth-order valence-electron chi connectivity index (χ4n) is 2.75. The van der Waals surface area contributed by atoms with E-state index in [1.807, 2.05) is 11.8 Å². The summed E-state index contributed by atoms with van der Waals surface area (Å²) in [6, 6.07) is 3.86. The van der Waals surface area contributed by atoms with Crippen LogP contribution in [0.4, 0.5) is 8.78 Å². The summed E-state index contributed by atoms with van der Waals surface area (Å²) in [4.78, 5) is 0. The average Bonchev–Trinajstić information content (AvgIpc) is 2.76. The van der Waals surface area contributed by atoms with Gasteiger partial charge in [-0.3, -0.25) is 0 Å². The Kier molecular flexibility index (Phi) is 4.85. The summed E-state index contributed by atoms with van der Waals surface area (Å²) in [6.45, 7) is 5.15. The SMILES string of the molecule is CCCNC(c1cc(F)cc(F)c1)C1(C)CCCS1. The first-order chi connectivity index (χ1) is 9.05. The summed E-state index contributed by atoms with van der Waals surface area (Å²) in [5.41, 5.74) is 0.725. The first-order valence-electron chi connectivity index (χ1n) is 6.88. The van der Waals surface area contributed by atoms with E-state index in [2.05, 4.69) is 19.2 Å². The predicted molar refractivity (Wildman–Crippen MR) is 77.5 cm³/mol. The van der Waals surface area contributed by atoms with Crippen LogP contribution in [0.2, 0.25) is 0 Å². The summed E-state index contributed by atoms with van der Waals surface area (Å²) >= 11 is 1.90. The first-order valence-corrected chi connectivity index (χ1v) is 7.87. The highest BCUT2D eigenvalue weighted by molar-refractivity contribution is 8.00. The quantitative estimate of drug-likeness (QED) is 0.866. The monoisotopic (exact) mass is 285 g/mol. The van der Waals surface area contributed by atoms with Crippen molar-refractivity contribution in [2.75, 3.05) is 12.3 Å². The van der Waals surface area contributed by atoms with Crippen molar-refractivity contribution in [1.29, 1.82) is 0 Å². The Labute approximate surface area is 118 Å². The smallest absolute Gasteiger partial charge is 0.126 e. The molecular weight excluding hydrogens is 264 g/mol. The van der Waals surface area contributed by atoms with Crippen molar-refractivity contribution >= 4 is 11.8 Å². The molecule has 1 fully saturated rings. The van der Waals surface area contributed by atoms with Gasteiger partial charge in [-0.05, 0) is 56.2 Å². The number of halogens is 2. The molecule has 1 heterocycles. The second-order valence-corrected chi connectivity index (χ2v) is 6.98. The molecule has 1 aliphatic heterocycles. The van der Waals surface area contributed by atoms with Crippen LogP contribution >= 0.6 is 11.8 Å². The Hall–Kier alpha value is -0.610. The van der Waals surface area contributed by atoms with Gasteiger partial charge < -0.3 is 5.32 Å². The number of benzene rings is 1. The molecule has 2 atom stereocenters. The molecule has 1 N–H and O–H groups in total. The second-order valence-electron chi connectivity index (χ2n) is 5.35. The summed E-state index contributed by atoms with van der Waals surface area (Å²) in [5.74, 6) is 0.133. The van der Waals surface area contributed by atoms with Crippen molar-refractivity contribution in [3.8, 4) is 0 Å². The third-order valence-electron chi connectivity index (χ3n) is 3.68. The maximum absolute atomic E-state index is 13.4. The second kappa shape index (κ2) is 6.23. The fourth-order valence-corrected chi connectivity index (χ4v) is 4.17. The van der Waals surface area contributed by atoms with Crippen LogP contribution in [0.1, 0.15) is 44.7 Å². The van der Waals surface area contributed by atoms with Crippen molar-refractivity contribution in [2.24, 2.45) is 0 Å². The van der Waals surface area contributed by atoms with Gasteiger partial charge in [0.2, 0.25) is 0 Å². The van der Waals surface area contributed by atoms with Gasteiger partial charge in [0.05, 0.1) is 0 Å². The van der Waals surface area contributed by atoms with E-state index in [1.165, 1.54) is 18.6 Å². The molecule has 1 aliphatic rings. The van der Waals surface area contributed by atoms with Gasteiger partial charge in [0.25, 0.3) is 0 Å². The normalized spacial score (nSPS) is 24.6. The zero-order valence-corrected chi connectivity index (χ0v) is 12.3. The van der Waals surface area contributed by atoms with Crippen molar-refractivity contribution in [3.63, 3.8) is 0 Å². The summed E-state index contributed by atoms with van der Waals surface area (Å²) in [7, 11) is 0. The van der Waals surface area contributed by atoms with E-state index >= 15 is 0 Å². The largest absolute Gasteiger partial charge is 0.309 e. The van der Waals surface area contributed by atoms with Crippen molar-refractivity contribution < 1.29 is 8.78 Å². The fraction of sp³-hybridized carbons (Fsp3) is 0.600. The maximum Gasteiger partial charge on any atom is 0.126 e. The molecule has 19 heavy (non-hydrogen) atoms. The zero-order valence-electron chi connectivity index (χ0n) is 11.5. The van der Waals surface area contributed by atoms with Crippen LogP contribution in [-0.4, -0.2) is 17.0 Å². The van der Waals surface area contributed by atoms with Gasteiger partial charge in [-0.25, -0.2) is 8.78 Å². The molecule has 0 radical (unpaired) electrons. The first kappa shape index (κ1) is 14.8. The van der Waals surface area contributed by atoms with Gasteiger partial charge >= 0.3 is 0 Å². The lowest BCUT2D eigenvalue weighted by Crippen LogP contribution is -2.38. The highest BCUT2D eigenvalue weighted by Crippen LogP contribution is 2.46. The molecule has 0 amide bonds. The molecule has 2 unspecified atom stereocenters. The van der Waals surface area contributed by atoms with Gasteiger partial charge in [0.1, 0.15) is 11.6 Å². The zero-order chi connectivity index (χ0) is 13.9. The van der Waals surface area contributed by atoms with Crippen LogP contribution in [0, 0.1) is 11.6 Å². The molecular formula is C15H21F2NS. The minimum Gasteiger partial charge on any atom is -0.309 e. The minimum atomic E-state index is -0.495. The lowest BCUT2D eigenvalue weighted by molar-refractivity contribution is 0.409. The summed E-state index contributed by atoms with van der Waals surface area (Å²) in [6.07, 6.45) is 3.26. The third-order valence-corrected chi connectivity index (χ3v) is 5.27. The lowest BCUT2D eigenvalue weighted by atomic mass is 9.90. The maximum atomic E-state index is 13.4. The summed E-state index contributed by atoms with van der Waals surface area (Å²) < 4.78 is 26.9.